The van der Waals surface area contributed by atoms with Gasteiger partial charge in [-0.2, -0.15) is 0 Å². The van der Waals surface area contributed by atoms with Gasteiger partial charge >= 0.3 is 0 Å². The van der Waals surface area contributed by atoms with Gasteiger partial charge in [-0.25, -0.2) is 0 Å². The second-order valence-corrected chi connectivity index (χ2v) is 3.21. The third kappa shape index (κ3) is 1.37. The molecule has 0 saturated carbocycles. The molecule has 1 saturated heterocycles. The Morgan fingerprint density at radius 2 is 2.33 bits per heavy atom. The van der Waals surface area contributed by atoms with E-state index in [0.717, 1.165) is 6.42 Å². The first-order valence-corrected chi connectivity index (χ1v) is 3.50. The van der Waals surface area contributed by atoms with Crippen molar-refractivity contribution in [3.8, 4) is 0 Å². The summed E-state index contributed by atoms with van der Waals surface area (Å²) >= 11 is 5.72. The van der Waals surface area contributed by atoms with Crippen LogP contribution in [0.3, 0.4) is 0 Å². The first-order chi connectivity index (χ1) is 4.02. The summed E-state index contributed by atoms with van der Waals surface area (Å²) in [6, 6.07) is 0. The topological polar surface area (TPSA) is 29.5 Å². The molecule has 1 rings (SSSR count). The third-order valence-corrected chi connectivity index (χ3v) is 2.14. The summed E-state index contributed by atoms with van der Waals surface area (Å²) in [6.45, 7) is 3.49. The zero-order valence-corrected chi connectivity index (χ0v) is 6.35. The zero-order chi connectivity index (χ0) is 7.07. The molecule has 3 unspecified atom stereocenters. The van der Waals surface area contributed by atoms with Gasteiger partial charge in [0.15, 0.2) is 5.79 Å². The largest absolute Gasteiger partial charge is 0.364 e. The first kappa shape index (κ1) is 7.32. The first-order valence-electron chi connectivity index (χ1n) is 3.06. The summed E-state index contributed by atoms with van der Waals surface area (Å²) in [7, 11) is 0. The third-order valence-electron chi connectivity index (χ3n) is 1.56. The van der Waals surface area contributed by atoms with E-state index in [2.05, 4.69) is 0 Å². The number of aliphatic hydroxyl groups is 1. The van der Waals surface area contributed by atoms with E-state index in [9.17, 15) is 5.11 Å². The lowest BCUT2D eigenvalue weighted by atomic mass is 10.2. The summed E-state index contributed by atoms with van der Waals surface area (Å²) in [5.41, 5.74) is 0. The lowest BCUT2D eigenvalue weighted by Crippen LogP contribution is -2.31. The van der Waals surface area contributed by atoms with Crippen LogP contribution in [-0.2, 0) is 4.74 Å². The van der Waals surface area contributed by atoms with E-state index in [0.29, 0.717) is 0 Å². The van der Waals surface area contributed by atoms with Crippen LogP contribution in [0.1, 0.15) is 20.3 Å². The molecule has 0 radical (unpaired) electrons. The van der Waals surface area contributed by atoms with Gasteiger partial charge < -0.3 is 9.84 Å². The lowest BCUT2D eigenvalue weighted by Gasteiger charge is -2.18. The highest BCUT2D eigenvalue weighted by Crippen LogP contribution is 2.31. The Bertz CT molecular complexity index is 114. The van der Waals surface area contributed by atoms with Crippen LogP contribution in [0, 0.1) is 0 Å². The Hall–Kier alpha value is 0.210. The van der Waals surface area contributed by atoms with Gasteiger partial charge in [0.05, 0.1) is 11.5 Å². The SMILES string of the molecule is CC1CC(Cl)C(C)(O)O1. The van der Waals surface area contributed by atoms with E-state index in [4.69, 9.17) is 16.3 Å². The number of halogens is 1. The second kappa shape index (κ2) is 2.11. The molecular weight excluding hydrogens is 140 g/mol. The number of hydrogen-bond acceptors (Lipinski definition) is 2. The summed E-state index contributed by atoms with van der Waals surface area (Å²) in [5.74, 6) is -1.11. The molecule has 2 nitrogen and oxygen atoms in total. The Kier molecular flexibility index (Phi) is 1.72. The summed E-state index contributed by atoms with van der Waals surface area (Å²) < 4.78 is 5.08. The molecule has 3 atom stereocenters. The molecule has 0 bridgehead atoms. The zero-order valence-electron chi connectivity index (χ0n) is 5.60. The quantitative estimate of drug-likeness (QED) is 0.525. The number of hydrogen-bond donors (Lipinski definition) is 1. The van der Waals surface area contributed by atoms with Crippen LogP contribution in [0.2, 0.25) is 0 Å². The average Bonchev–Trinajstić information content (AvgIpc) is 1.79. The fraction of sp³-hybridized carbons (Fsp3) is 1.00. The van der Waals surface area contributed by atoms with Gasteiger partial charge in [-0.05, 0) is 20.3 Å². The predicted octanol–water partition coefficient (Wildman–Crippen LogP) is 1.11. The number of rotatable bonds is 0. The van der Waals surface area contributed by atoms with Crippen LogP contribution in [0.25, 0.3) is 0 Å². The summed E-state index contributed by atoms with van der Waals surface area (Å²) in [4.78, 5) is 0. The number of alkyl halides is 1. The van der Waals surface area contributed by atoms with Crippen molar-refractivity contribution in [3.05, 3.63) is 0 Å². The Balaban J connectivity index is 2.58. The second-order valence-electron chi connectivity index (χ2n) is 2.69. The van der Waals surface area contributed by atoms with Crippen molar-refractivity contribution in [1.82, 2.24) is 0 Å². The molecule has 0 aromatic carbocycles. The molecular formula is C6H11ClO2. The van der Waals surface area contributed by atoms with Crippen molar-refractivity contribution < 1.29 is 9.84 Å². The van der Waals surface area contributed by atoms with Crippen LogP contribution >= 0.6 is 11.6 Å². The van der Waals surface area contributed by atoms with Gasteiger partial charge in [0, 0.05) is 0 Å². The van der Waals surface area contributed by atoms with Crippen LogP contribution in [0.5, 0.6) is 0 Å². The molecule has 0 spiro atoms. The van der Waals surface area contributed by atoms with Crippen LogP contribution < -0.4 is 0 Å². The molecule has 1 heterocycles. The highest BCUT2D eigenvalue weighted by molar-refractivity contribution is 6.21. The fourth-order valence-corrected chi connectivity index (χ4v) is 1.34. The highest BCUT2D eigenvalue weighted by Gasteiger charge is 2.40. The van der Waals surface area contributed by atoms with Crippen LogP contribution in [-0.4, -0.2) is 22.4 Å². The van der Waals surface area contributed by atoms with E-state index in [1.165, 1.54) is 0 Å². The van der Waals surface area contributed by atoms with Crippen molar-refractivity contribution in [1.29, 1.82) is 0 Å². The van der Waals surface area contributed by atoms with Crippen molar-refractivity contribution in [3.63, 3.8) is 0 Å². The Morgan fingerprint density at radius 1 is 1.78 bits per heavy atom. The maximum absolute atomic E-state index is 9.28. The maximum Gasteiger partial charge on any atom is 0.179 e. The van der Waals surface area contributed by atoms with E-state index in [1.807, 2.05) is 6.92 Å². The molecule has 1 aliphatic heterocycles. The fourth-order valence-electron chi connectivity index (χ4n) is 1.04. The predicted molar refractivity (Wildman–Crippen MR) is 35.4 cm³/mol. The standard InChI is InChI=1S/C6H11ClO2/c1-4-3-5(7)6(2,8)9-4/h4-5,8H,3H2,1-2H3. The smallest absolute Gasteiger partial charge is 0.179 e. The van der Waals surface area contributed by atoms with E-state index < -0.39 is 5.79 Å². The Labute approximate surface area is 59.8 Å². The molecule has 0 aromatic heterocycles. The molecule has 1 fully saturated rings. The Morgan fingerprint density at radius 3 is 2.44 bits per heavy atom. The van der Waals surface area contributed by atoms with Gasteiger partial charge in [0.1, 0.15) is 0 Å². The van der Waals surface area contributed by atoms with Crippen molar-refractivity contribution in [2.24, 2.45) is 0 Å². The van der Waals surface area contributed by atoms with Crippen LogP contribution in [0.4, 0.5) is 0 Å². The highest BCUT2D eigenvalue weighted by atomic mass is 35.5. The van der Waals surface area contributed by atoms with Crippen molar-refractivity contribution in [2.45, 2.75) is 37.5 Å². The van der Waals surface area contributed by atoms with Crippen LogP contribution in [0.15, 0.2) is 0 Å². The molecule has 54 valence electrons. The molecule has 0 amide bonds. The number of ether oxygens (including phenoxy) is 1. The summed E-state index contributed by atoms with van der Waals surface area (Å²) in [6.07, 6.45) is 0.816. The normalized spacial score (nSPS) is 52.0. The van der Waals surface area contributed by atoms with Gasteiger partial charge in [-0.1, -0.05) is 0 Å². The average molecular weight is 151 g/mol. The minimum atomic E-state index is -1.11. The van der Waals surface area contributed by atoms with E-state index in [-0.39, 0.29) is 11.5 Å². The monoisotopic (exact) mass is 150 g/mol. The van der Waals surface area contributed by atoms with E-state index >= 15 is 0 Å². The summed E-state index contributed by atoms with van der Waals surface area (Å²) in [5, 5.41) is 9.02. The molecule has 3 heteroatoms. The minimum Gasteiger partial charge on any atom is -0.364 e. The van der Waals surface area contributed by atoms with Gasteiger partial charge in [-0.15, -0.1) is 11.6 Å². The maximum atomic E-state index is 9.28. The van der Waals surface area contributed by atoms with Gasteiger partial charge in [0.25, 0.3) is 0 Å². The molecule has 9 heavy (non-hydrogen) atoms. The van der Waals surface area contributed by atoms with E-state index in [1.54, 1.807) is 6.92 Å². The molecule has 0 aliphatic carbocycles. The lowest BCUT2D eigenvalue weighted by molar-refractivity contribution is -0.172. The minimum absolute atomic E-state index is 0.0856. The molecule has 1 N–H and O–H groups in total. The molecule has 0 aromatic rings. The van der Waals surface area contributed by atoms with Crippen molar-refractivity contribution in [2.75, 3.05) is 0 Å². The van der Waals surface area contributed by atoms with Crippen molar-refractivity contribution >= 4 is 11.6 Å². The van der Waals surface area contributed by atoms with Gasteiger partial charge in [0.2, 0.25) is 0 Å². The van der Waals surface area contributed by atoms with Gasteiger partial charge in [-0.3, -0.25) is 0 Å². The molecule has 1 aliphatic rings.